The van der Waals surface area contributed by atoms with Crippen LogP contribution in [0, 0.1) is 5.92 Å². The molecule has 0 aromatic heterocycles. The first kappa shape index (κ1) is 23.0. The summed E-state index contributed by atoms with van der Waals surface area (Å²) >= 11 is 0. The van der Waals surface area contributed by atoms with Crippen molar-refractivity contribution in [3.8, 4) is 0 Å². The van der Waals surface area contributed by atoms with E-state index in [1.165, 1.54) is 4.31 Å². The zero-order chi connectivity index (χ0) is 18.6. The zero-order valence-corrected chi connectivity index (χ0v) is 16.6. The highest BCUT2D eigenvalue weighted by atomic mass is 32.2. The molecule has 0 unspecified atom stereocenters. The Morgan fingerprint density at radius 3 is 1.96 bits per heavy atom. The van der Waals surface area contributed by atoms with Crippen LogP contribution in [0.3, 0.4) is 0 Å². The lowest BCUT2D eigenvalue weighted by molar-refractivity contribution is -0.0593. The van der Waals surface area contributed by atoms with Gasteiger partial charge in [0.25, 0.3) is 0 Å². The second-order valence-corrected chi connectivity index (χ2v) is 10.1. The molecule has 23 heavy (non-hydrogen) atoms. The second kappa shape index (κ2) is 8.38. The van der Waals surface area contributed by atoms with Crippen LogP contribution in [-0.2, 0) is 23.8 Å². The van der Waals surface area contributed by atoms with Crippen LogP contribution >= 0.6 is 7.82 Å². The van der Waals surface area contributed by atoms with E-state index in [2.05, 4.69) is 4.52 Å². The van der Waals surface area contributed by atoms with E-state index in [1.807, 2.05) is 20.8 Å². The lowest BCUT2D eigenvalue weighted by Crippen LogP contribution is -2.50. The molecule has 0 saturated carbocycles. The average Bonchev–Trinajstić information content (AvgIpc) is 2.27. The molecular weight excluding hydrogens is 345 g/mol. The van der Waals surface area contributed by atoms with Crippen LogP contribution in [0.15, 0.2) is 0 Å². The Bertz CT molecular complexity index is 509. The van der Waals surface area contributed by atoms with Gasteiger partial charge in [-0.3, -0.25) is 4.52 Å². The molecule has 8 nitrogen and oxygen atoms in total. The number of ether oxygens (including phenoxy) is 1. The van der Waals surface area contributed by atoms with Crippen LogP contribution in [0.2, 0.25) is 0 Å². The summed E-state index contributed by atoms with van der Waals surface area (Å²) in [6.45, 7) is 10.4. The van der Waals surface area contributed by atoms with E-state index in [4.69, 9.17) is 14.5 Å². The second-order valence-electron chi connectivity index (χ2n) is 6.96. The first-order valence-corrected chi connectivity index (χ1v) is 10.7. The van der Waals surface area contributed by atoms with Gasteiger partial charge in [-0.1, -0.05) is 13.8 Å². The standard InChI is InChI=1S/C13H30NO7PS/c1-10(2)11(3)21-12(9-20-22(15,16)17)8-14(13(4,5)6)23(7,18)19/h10-12H,8-9H2,1-7H3,(H2,15,16,17)/t11-,12-/m0/s1. The molecule has 10 heteroatoms. The maximum atomic E-state index is 12.0. The average molecular weight is 375 g/mol. The van der Waals surface area contributed by atoms with Gasteiger partial charge in [0, 0.05) is 12.1 Å². The van der Waals surface area contributed by atoms with Gasteiger partial charge in [0.2, 0.25) is 10.0 Å². The van der Waals surface area contributed by atoms with Crippen molar-refractivity contribution < 1.29 is 32.0 Å². The van der Waals surface area contributed by atoms with Gasteiger partial charge in [-0.25, -0.2) is 13.0 Å². The van der Waals surface area contributed by atoms with Crippen molar-refractivity contribution in [1.29, 1.82) is 0 Å². The normalized spacial score (nSPS) is 16.8. The predicted octanol–water partition coefficient (Wildman–Crippen LogP) is 1.59. The van der Waals surface area contributed by atoms with E-state index in [1.54, 1.807) is 20.8 Å². The van der Waals surface area contributed by atoms with Crippen molar-refractivity contribution in [3.63, 3.8) is 0 Å². The van der Waals surface area contributed by atoms with Gasteiger partial charge in [0.05, 0.1) is 25.1 Å². The number of phosphoric acid groups is 1. The van der Waals surface area contributed by atoms with E-state index in [9.17, 15) is 13.0 Å². The lowest BCUT2D eigenvalue weighted by Gasteiger charge is -2.36. The molecule has 0 fully saturated rings. The Labute approximate surface area is 139 Å². The van der Waals surface area contributed by atoms with Crippen molar-refractivity contribution in [3.05, 3.63) is 0 Å². The van der Waals surface area contributed by atoms with Crippen molar-refractivity contribution in [2.45, 2.75) is 59.3 Å². The van der Waals surface area contributed by atoms with Crippen molar-refractivity contribution >= 4 is 17.8 Å². The quantitative estimate of drug-likeness (QED) is 0.588. The van der Waals surface area contributed by atoms with Gasteiger partial charge in [0.1, 0.15) is 0 Å². The summed E-state index contributed by atoms with van der Waals surface area (Å²) in [5.41, 5.74) is -0.696. The summed E-state index contributed by atoms with van der Waals surface area (Å²) in [6.07, 6.45) is 0.0705. The maximum absolute atomic E-state index is 12.0. The lowest BCUT2D eigenvalue weighted by atomic mass is 10.1. The van der Waals surface area contributed by atoms with Crippen molar-refractivity contribution in [2.24, 2.45) is 5.92 Å². The Morgan fingerprint density at radius 1 is 1.17 bits per heavy atom. The van der Waals surface area contributed by atoms with Crippen LogP contribution < -0.4 is 0 Å². The molecule has 0 saturated heterocycles. The van der Waals surface area contributed by atoms with E-state index in [0.29, 0.717) is 0 Å². The molecule has 140 valence electrons. The number of sulfonamides is 1. The summed E-state index contributed by atoms with van der Waals surface area (Å²) in [7, 11) is -8.18. The fourth-order valence-electron chi connectivity index (χ4n) is 1.87. The highest BCUT2D eigenvalue weighted by Gasteiger charge is 2.33. The van der Waals surface area contributed by atoms with E-state index < -0.39 is 36.1 Å². The van der Waals surface area contributed by atoms with Crippen LogP contribution in [0.4, 0.5) is 0 Å². The maximum Gasteiger partial charge on any atom is 0.469 e. The summed E-state index contributed by atoms with van der Waals surface area (Å²) in [5, 5.41) is 0. The number of hydrogen-bond acceptors (Lipinski definition) is 5. The molecule has 0 bridgehead atoms. The van der Waals surface area contributed by atoms with Crippen molar-refractivity contribution in [2.75, 3.05) is 19.4 Å². The van der Waals surface area contributed by atoms with Crippen LogP contribution in [0.1, 0.15) is 41.5 Å². The highest BCUT2D eigenvalue weighted by molar-refractivity contribution is 7.88. The minimum atomic E-state index is -4.66. The van der Waals surface area contributed by atoms with Gasteiger partial charge >= 0.3 is 7.82 Å². The summed E-state index contributed by atoms with van der Waals surface area (Å²) in [4.78, 5) is 17.7. The minimum Gasteiger partial charge on any atom is -0.371 e. The van der Waals surface area contributed by atoms with Crippen molar-refractivity contribution in [1.82, 2.24) is 4.31 Å². The molecule has 0 aliphatic carbocycles. The predicted molar refractivity (Wildman–Crippen MR) is 88.5 cm³/mol. The minimum absolute atomic E-state index is 0.0562. The summed E-state index contributed by atoms with van der Waals surface area (Å²) < 4.78 is 46.4. The third kappa shape index (κ3) is 9.76. The van der Waals surface area contributed by atoms with Gasteiger partial charge in [0.15, 0.2) is 0 Å². The number of hydrogen-bond donors (Lipinski definition) is 2. The van der Waals surface area contributed by atoms with Gasteiger partial charge < -0.3 is 14.5 Å². The molecule has 0 spiro atoms. The molecule has 0 aliphatic rings. The molecule has 0 aromatic rings. The van der Waals surface area contributed by atoms with E-state index >= 15 is 0 Å². The third-order valence-corrected chi connectivity index (χ3v) is 5.28. The zero-order valence-electron chi connectivity index (χ0n) is 14.9. The topological polar surface area (TPSA) is 113 Å². The van der Waals surface area contributed by atoms with Gasteiger partial charge in [-0.15, -0.1) is 0 Å². The monoisotopic (exact) mass is 375 g/mol. The molecule has 2 atom stereocenters. The molecule has 0 heterocycles. The summed E-state index contributed by atoms with van der Waals surface area (Å²) in [6, 6.07) is 0. The summed E-state index contributed by atoms with van der Waals surface area (Å²) in [5.74, 6) is 0.161. The molecular formula is C13H30NO7PS. The Hall–Kier alpha value is -0.0200. The van der Waals surface area contributed by atoms with Gasteiger partial charge in [-0.05, 0) is 33.6 Å². The Morgan fingerprint density at radius 2 is 1.65 bits per heavy atom. The molecule has 0 rings (SSSR count). The fourth-order valence-corrected chi connectivity index (χ4v) is 3.66. The SMILES string of the molecule is CC(C)[C@H](C)O[C@H](COP(=O)(O)O)CN(C(C)(C)C)S(C)(=O)=O. The fraction of sp³-hybridized carbons (Fsp3) is 1.00. The molecule has 0 amide bonds. The van der Waals surface area contributed by atoms with E-state index in [0.717, 1.165) is 6.26 Å². The highest BCUT2D eigenvalue weighted by Crippen LogP contribution is 2.36. The molecule has 0 radical (unpaired) electrons. The molecule has 0 aromatic carbocycles. The number of rotatable bonds is 9. The van der Waals surface area contributed by atoms with Gasteiger partial charge in [-0.2, -0.15) is 4.31 Å². The smallest absolute Gasteiger partial charge is 0.371 e. The van der Waals surface area contributed by atoms with Crippen LogP contribution in [0.25, 0.3) is 0 Å². The Kier molecular flexibility index (Phi) is 8.37. The molecule has 0 aliphatic heterocycles. The first-order valence-electron chi connectivity index (χ1n) is 7.37. The van der Waals surface area contributed by atoms with Crippen LogP contribution in [-0.4, -0.2) is 59.7 Å². The number of nitrogens with zero attached hydrogens (tertiary/aromatic N) is 1. The third-order valence-electron chi connectivity index (χ3n) is 3.29. The Balaban J connectivity index is 5.28. The van der Waals surface area contributed by atoms with E-state index in [-0.39, 0.29) is 18.6 Å². The first-order chi connectivity index (χ1) is 10.0. The van der Waals surface area contributed by atoms with Crippen LogP contribution in [0.5, 0.6) is 0 Å². The largest absolute Gasteiger partial charge is 0.469 e. The molecule has 2 N–H and O–H groups in total. The number of phosphoric ester groups is 1.